The van der Waals surface area contributed by atoms with Crippen molar-refractivity contribution in [3.05, 3.63) is 45.5 Å². The number of nitro benzene ring substituents is 1. The molecule has 0 heterocycles. The Labute approximate surface area is 120 Å². The molecule has 0 saturated carbocycles. The number of nitro groups is 1. The topological polar surface area (TPSA) is 86.5 Å². The Morgan fingerprint density at radius 1 is 1.45 bits per heavy atom. The van der Waals surface area contributed by atoms with Crippen molar-refractivity contribution in [2.45, 2.75) is 19.4 Å². The SMILES string of the molecule is CC(=O)C(=Cc1cccc([N+](=O)[O-])c1)C(=O)OC(C)Cl. The van der Waals surface area contributed by atoms with Crippen LogP contribution in [0.3, 0.4) is 0 Å². The molecular weight excluding hydrogens is 286 g/mol. The lowest BCUT2D eigenvalue weighted by atomic mass is 10.1. The maximum absolute atomic E-state index is 11.7. The summed E-state index contributed by atoms with van der Waals surface area (Å²) in [6, 6.07) is 5.55. The molecule has 1 aromatic carbocycles. The standard InChI is InChI=1S/C13H12ClNO5/c1-8(16)12(13(17)20-9(2)14)7-10-4-3-5-11(6-10)15(18)19/h3-7,9H,1-2H3. The summed E-state index contributed by atoms with van der Waals surface area (Å²) in [4.78, 5) is 33.2. The van der Waals surface area contributed by atoms with Gasteiger partial charge >= 0.3 is 5.97 Å². The quantitative estimate of drug-likeness (QED) is 0.159. The van der Waals surface area contributed by atoms with Crippen LogP contribution in [0.15, 0.2) is 29.8 Å². The van der Waals surface area contributed by atoms with Crippen LogP contribution >= 0.6 is 11.6 Å². The van der Waals surface area contributed by atoms with E-state index >= 15 is 0 Å². The number of Topliss-reactive ketones (excluding diaryl/α,β-unsaturated/α-hetero) is 1. The Balaban J connectivity index is 3.14. The summed E-state index contributed by atoms with van der Waals surface area (Å²) >= 11 is 5.52. The van der Waals surface area contributed by atoms with Crippen LogP contribution in [0, 0.1) is 10.1 Å². The predicted octanol–water partition coefficient (Wildman–Crippen LogP) is 2.70. The zero-order chi connectivity index (χ0) is 15.3. The molecule has 0 aliphatic rings. The van der Waals surface area contributed by atoms with Crippen LogP contribution in [0.2, 0.25) is 0 Å². The maximum Gasteiger partial charge on any atom is 0.343 e. The van der Waals surface area contributed by atoms with E-state index in [1.54, 1.807) is 0 Å². The molecule has 1 aromatic rings. The number of hydrogen-bond acceptors (Lipinski definition) is 5. The van der Waals surface area contributed by atoms with Crippen LogP contribution in [0.1, 0.15) is 19.4 Å². The smallest absolute Gasteiger partial charge is 0.343 e. The number of carbonyl (C=O) groups is 2. The van der Waals surface area contributed by atoms with Crippen LogP contribution < -0.4 is 0 Å². The van der Waals surface area contributed by atoms with Gasteiger partial charge in [0.1, 0.15) is 5.57 Å². The van der Waals surface area contributed by atoms with E-state index < -0.39 is 22.2 Å². The number of benzene rings is 1. The van der Waals surface area contributed by atoms with Gasteiger partial charge in [-0.05, 0) is 25.5 Å². The molecule has 0 radical (unpaired) electrons. The van der Waals surface area contributed by atoms with Gasteiger partial charge in [-0.2, -0.15) is 0 Å². The number of rotatable bonds is 5. The molecule has 6 nitrogen and oxygen atoms in total. The lowest BCUT2D eigenvalue weighted by Crippen LogP contribution is -2.16. The molecule has 0 bridgehead atoms. The van der Waals surface area contributed by atoms with Gasteiger partial charge in [-0.25, -0.2) is 4.79 Å². The summed E-state index contributed by atoms with van der Waals surface area (Å²) in [5, 5.41) is 10.7. The van der Waals surface area contributed by atoms with Crippen LogP contribution in [0.4, 0.5) is 5.69 Å². The number of non-ortho nitro benzene ring substituents is 1. The van der Waals surface area contributed by atoms with Gasteiger partial charge in [-0.3, -0.25) is 14.9 Å². The van der Waals surface area contributed by atoms with Crippen molar-refractivity contribution in [1.29, 1.82) is 0 Å². The van der Waals surface area contributed by atoms with Gasteiger partial charge in [0.2, 0.25) is 0 Å². The van der Waals surface area contributed by atoms with Crippen molar-refractivity contribution in [2.75, 3.05) is 0 Å². The highest BCUT2D eigenvalue weighted by Crippen LogP contribution is 2.17. The molecule has 0 aromatic heterocycles. The van der Waals surface area contributed by atoms with Gasteiger partial charge in [0.25, 0.3) is 5.69 Å². The largest absolute Gasteiger partial charge is 0.443 e. The Morgan fingerprint density at radius 3 is 2.60 bits per heavy atom. The molecule has 7 heteroatoms. The lowest BCUT2D eigenvalue weighted by Gasteiger charge is -2.07. The van der Waals surface area contributed by atoms with E-state index in [0.29, 0.717) is 5.56 Å². The number of hydrogen-bond donors (Lipinski definition) is 0. The van der Waals surface area contributed by atoms with Crippen LogP contribution in [-0.2, 0) is 14.3 Å². The molecule has 0 fully saturated rings. The fraction of sp³-hybridized carbons (Fsp3) is 0.231. The summed E-state index contributed by atoms with van der Waals surface area (Å²) < 4.78 is 4.73. The first-order valence-electron chi connectivity index (χ1n) is 5.63. The summed E-state index contributed by atoms with van der Waals surface area (Å²) in [5.74, 6) is -1.38. The Hall–Kier alpha value is -2.21. The number of esters is 1. The highest BCUT2D eigenvalue weighted by molar-refractivity contribution is 6.23. The number of alkyl halides is 1. The minimum atomic E-state index is -0.879. The van der Waals surface area contributed by atoms with Crippen molar-refractivity contribution in [1.82, 2.24) is 0 Å². The second-order valence-corrected chi connectivity index (χ2v) is 4.53. The Bertz CT molecular complexity index is 580. The first-order valence-corrected chi connectivity index (χ1v) is 6.07. The average Bonchev–Trinajstić information content (AvgIpc) is 2.34. The molecular formula is C13H12ClNO5. The van der Waals surface area contributed by atoms with Gasteiger partial charge in [0.15, 0.2) is 11.3 Å². The van der Waals surface area contributed by atoms with Crippen molar-refractivity contribution in [3.63, 3.8) is 0 Å². The van der Waals surface area contributed by atoms with Crippen molar-refractivity contribution < 1.29 is 19.2 Å². The number of halogens is 1. The van der Waals surface area contributed by atoms with Gasteiger partial charge in [-0.1, -0.05) is 23.7 Å². The third-order valence-corrected chi connectivity index (χ3v) is 2.35. The number of ketones is 1. The van der Waals surface area contributed by atoms with E-state index in [4.69, 9.17) is 16.3 Å². The summed E-state index contributed by atoms with van der Waals surface area (Å²) in [5.41, 5.74) is -0.891. The summed E-state index contributed by atoms with van der Waals surface area (Å²) in [6.07, 6.45) is 1.23. The minimum Gasteiger partial charge on any atom is -0.443 e. The van der Waals surface area contributed by atoms with Gasteiger partial charge in [0, 0.05) is 12.1 Å². The van der Waals surface area contributed by atoms with Crippen LogP contribution in [0.5, 0.6) is 0 Å². The van der Waals surface area contributed by atoms with E-state index in [-0.39, 0.29) is 11.3 Å². The van der Waals surface area contributed by atoms with E-state index in [1.807, 2.05) is 0 Å². The molecule has 1 rings (SSSR count). The third kappa shape index (κ3) is 4.47. The molecule has 106 valence electrons. The molecule has 0 amide bonds. The third-order valence-electron chi connectivity index (χ3n) is 2.26. The van der Waals surface area contributed by atoms with E-state index in [1.165, 1.54) is 44.2 Å². The van der Waals surface area contributed by atoms with Crippen LogP contribution in [0.25, 0.3) is 6.08 Å². The molecule has 1 atom stereocenters. The number of carbonyl (C=O) groups excluding carboxylic acids is 2. The average molecular weight is 298 g/mol. The predicted molar refractivity (Wildman–Crippen MR) is 73.2 cm³/mol. The lowest BCUT2D eigenvalue weighted by molar-refractivity contribution is -0.384. The highest BCUT2D eigenvalue weighted by atomic mass is 35.5. The Kier molecular flexibility index (Phi) is 5.40. The van der Waals surface area contributed by atoms with E-state index in [2.05, 4.69) is 0 Å². The summed E-state index contributed by atoms with van der Waals surface area (Å²) in [6.45, 7) is 2.63. The fourth-order valence-corrected chi connectivity index (χ4v) is 1.49. The van der Waals surface area contributed by atoms with Crippen molar-refractivity contribution in [2.24, 2.45) is 0 Å². The zero-order valence-electron chi connectivity index (χ0n) is 10.8. The first kappa shape index (κ1) is 15.8. The molecule has 1 unspecified atom stereocenters. The van der Waals surface area contributed by atoms with Crippen molar-refractivity contribution >= 4 is 35.1 Å². The molecule has 0 aliphatic heterocycles. The second-order valence-electron chi connectivity index (χ2n) is 3.91. The summed E-state index contributed by atoms with van der Waals surface area (Å²) in [7, 11) is 0. The van der Waals surface area contributed by atoms with Crippen molar-refractivity contribution in [3.8, 4) is 0 Å². The molecule has 0 aliphatic carbocycles. The minimum absolute atomic E-state index is 0.138. The normalized spacial score (nSPS) is 12.7. The molecule has 20 heavy (non-hydrogen) atoms. The van der Waals surface area contributed by atoms with Gasteiger partial charge in [-0.15, -0.1) is 0 Å². The fourth-order valence-electron chi connectivity index (χ4n) is 1.41. The Morgan fingerprint density at radius 2 is 2.10 bits per heavy atom. The van der Waals surface area contributed by atoms with Gasteiger partial charge < -0.3 is 4.74 Å². The van der Waals surface area contributed by atoms with E-state index in [0.717, 1.165) is 0 Å². The van der Waals surface area contributed by atoms with Crippen LogP contribution in [-0.4, -0.2) is 22.2 Å². The number of nitrogens with zero attached hydrogens (tertiary/aromatic N) is 1. The molecule has 0 spiro atoms. The van der Waals surface area contributed by atoms with E-state index in [9.17, 15) is 19.7 Å². The first-order chi connectivity index (χ1) is 9.31. The highest BCUT2D eigenvalue weighted by Gasteiger charge is 2.18. The molecule has 0 saturated heterocycles. The maximum atomic E-state index is 11.7. The zero-order valence-corrected chi connectivity index (χ0v) is 11.6. The van der Waals surface area contributed by atoms with Gasteiger partial charge in [0.05, 0.1) is 4.92 Å². The monoisotopic (exact) mass is 297 g/mol. The second kappa shape index (κ2) is 6.81. The molecule has 0 N–H and O–H groups in total. The number of ether oxygens (including phenoxy) is 1.